The Balaban J connectivity index is 2.77. The van der Waals surface area contributed by atoms with Crippen LogP contribution < -0.4 is 0 Å². The van der Waals surface area contributed by atoms with E-state index in [1.54, 1.807) is 11.5 Å². The lowest BCUT2D eigenvalue weighted by molar-refractivity contribution is 0.710. The predicted octanol–water partition coefficient (Wildman–Crippen LogP) is 3.18. The fourth-order valence-corrected chi connectivity index (χ4v) is 1.78. The first-order valence-electron chi connectivity index (χ1n) is 4.48. The molecule has 1 unspecified atom stereocenters. The van der Waals surface area contributed by atoms with Crippen LogP contribution >= 0.6 is 11.5 Å². The quantitative estimate of drug-likeness (QED) is 0.721. The van der Waals surface area contributed by atoms with Gasteiger partial charge in [0, 0.05) is 11.8 Å². The third-order valence-electron chi connectivity index (χ3n) is 2.01. The molecular weight excluding hydrogens is 168 g/mol. The van der Waals surface area contributed by atoms with Gasteiger partial charge in [-0.1, -0.05) is 27.7 Å². The number of rotatable bonds is 3. The Kier molecular flexibility index (Phi) is 3.20. The molecule has 0 N–H and O–H groups in total. The Morgan fingerprint density at radius 2 is 2.00 bits per heavy atom. The maximum Gasteiger partial charge on any atom is 0.145 e. The molecule has 3 heteroatoms. The molecule has 0 aliphatic rings. The van der Waals surface area contributed by atoms with E-state index < -0.39 is 0 Å². The van der Waals surface area contributed by atoms with Gasteiger partial charge < -0.3 is 0 Å². The largest absolute Gasteiger partial charge is 0.224 e. The normalized spacial score (nSPS) is 13.8. The van der Waals surface area contributed by atoms with Gasteiger partial charge in [0.25, 0.3) is 0 Å². The zero-order chi connectivity index (χ0) is 9.14. The zero-order valence-corrected chi connectivity index (χ0v) is 8.98. The molecular formula is C9H16N2S. The van der Waals surface area contributed by atoms with Gasteiger partial charge in [0.05, 0.1) is 0 Å². The maximum atomic E-state index is 4.49. The first kappa shape index (κ1) is 9.65. The maximum absolute atomic E-state index is 4.49. The highest BCUT2D eigenvalue weighted by Crippen LogP contribution is 2.22. The van der Waals surface area contributed by atoms with Gasteiger partial charge in [-0.15, -0.1) is 0 Å². The van der Waals surface area contributed by atoms with E-state index >= 15 is 0 Å². The summed E-state index contributed by atoms with van der Waals surface area (Å²) in [6.45, 7) is 8.64. The van der Waals surface area contributed by atoms with Crippen molar-refractivity contribution in [2.45, 2.75) is 46.0 Å². The number of hydrogen-bond acceptors (Lipinski definition) is 3. The highest BCUT2D eigenvalue weighted by molar-refractivity contribution is 7.05. The summed E-state index contributed by atoms with van der Waals surface area (Å²) in [5.41, 5.74) is 0. The molecule has 0 bridgehead atoms. The zero-order valence-electron chi connectivity index (χ0n) is 8.16. The molecule has 0 spiro atoms. The molecule has 0 amide bonds. The molecule has 12 heavy (non-hydrogen) atoms. The van der Waals surface area contributed by atoms with Gasteiger partial charge in [0.1, 0.15) is 10.8 Å². The Hall–Kier alpha value is -0.440. The van der Waals surface area contributed by atoms with E-state index in [9.17, 15) is 0 Å². The molecule has 0 radical (unpaired) electrons. The molecule has 68 valence electrons. The molecule has 0 aromatic carbocycles. The van der Waals surface area contributed by atoms with Crippen LogP contribution in [0.15, 0.2) is 0 Å². The van der Waals surface area contributed by atoms with Crippen LogP contribution in [0.5, 0.6) is 0 Å². The standard InChI is InChI=1S/C9H16N2S/c1-5-7(4)9-10-8(6(2)3)11-12-9/h6-7H,5H2,1-4H3. The molecule has 0 fully saturated rings. The van der Waals surface area contributed by atoms with Crippen molar-refractivity contribution in [1.82, 2.24) is 9.36 Å². The van der Waals surface area contributed by atoms with Crippen molar-refractivity contribution in [2.75, 3.05) is 0 Å². The molecule has 2 nitrogen and oxygen atoms in total. The highest BCUT2D eigenvalue weighted by Gasteiger charge is 2.11. The molecule has 0 aliphatic carbocycles. The number of nitrogens with zero attached hydrogens (tertiary/aromatic N) is 2. The van der Waals surface area contributed by atoms with Gasteiger partial charge in [0.2, 0.25) is 0 Å². The van der Waals surface area contributed by atoms with E-state index in [0.29, 0.717) is 11.8 Å². The van der Waals surface area contributed by atoms with Crippen molar-refractivity contribution in [3.05, 3.63) is 10.8 Å². The predicted molar refractivity (Wildman–Crippen MR) is 52.7 cm³/mol. The summed E-state index contributed by atoms with van der Waals surface area (Å²) in [6, 6.07) is 0. The minimum Gasteiger partial charge on any atom is -0.224 e. The summed E-state index contributed by atoms with van der Waals surface area (Å²) in [6.07, 6.45) is 1.15. The van der Waals surface area contributed by atoms with E-state index in [2.05, 4.69) is 37.1 Å². The highest BCUT2D eigenvalue weighted by atomic mass is 32.1. The van der Waals surface area contributed by atoms with Gasteiger partial charge in [-0.3, -0.25) is 0 Å². The first-order chi connectivity index (χ1) is 5.65. The second kappa shape index (κ2) is 3.99. The molecule has 1 atom stereocenters. The molecule has 0 saturated carbocycles. The van der Waals surface area contributed by atoms with Crippen LogP contribution in [0.2, 0.25) is 0 Å². The summed E-state index contributed by atoms with van der Waals surface area (Å²) < 4.78 is 4.32. The second-order valence-electron chi connectivity index (χ2n) is 3.45. The summed E-state index contributed by atoms with van der Waals surface area (Å²) >= 11 is 1.55. The van der Waals surface area contributed by atoms with Gasteiger partial charge >= 0.3 is 0 Å². The summed E-state index contributed by atoms with van der Waals surface area (Å²) in [7, 11) is 0. The van der Waals surface area contributed by atoms with Crippen molar-refractivity contribution in [3.8, 4) is 0 Å². The molecule has 0 aliphatic heterocycles. The Morgan fingerprint density at radius 3 is 2.42 bits per heavy atom. The van der Waals surface area contributed by atoms with Crippen LogP contribution in [0.4, 0.5) is 0 Å². The third kappa shape index (κ3) is 2.03. The van der Waals surface area contributed by atoms with Crippen molar-refractivity contribution in [3.63, 3.8) is 0 Å². The summed E-state index contributed by atoms with van der Waals surface area (Å²) in [4.78, 5) is 4.49. The number of hydrogen-bond donors (Lipinski definition) is 0. The topological polar surface area (TPSA) is 25.8 Å². The van der Waals surface area contributed by atoms with Crippen LogP contribution in [0.1, 0.15) is 56.8 Å². The van der Waals surface area contributed by atoms with E-state index in [0.717, 1.165) is 12.2 Å². The smallest absolute Gasteiger partial charge is 0.145 e. The lowest BCUT2D eigenvalue weighted by atomic mass is 10.1. The SMILES string of the molecule is CCC(C)c1nc(C(C)C)ns1. The Bertz CT molecular complexity index is 242. The van der Waals surface area contributed by atoms with E-state index in [4.69, 9.17) is 0 Å². The van der Waals surface area contributed by atoms with Gasteiger partial charge in [-0.05, 0) is 18.0 Å². The third-order valence-corrected chi connectivity index (χ3v) is 2.97. The minimum atomic E-state index is 0.457. The van der Waals surface area contributed by atoms with Crippen LogP contribution in [0, 0.1) is 0 Å². The fraction of sp³-hybridized carbons (Fsp3) is 0.778. The van der Waals surface area contributed by atoms with Crippen molar-refractivity contribution >= 4 is 11.5 Å². The van der Waals surface area contributed by atoms with E-state index in [1.807, 2.05) is 0 Å². The van der Waals surface area contributed by atoms with Crippen LogP contribution in [0.3, 0.4) is 0 Å². The molecule has 0 saturated heterocycles. The minimum absolute atomic E-state index is 0.457. The van der Waals surface area contributed by atoms with Crippen LogP contribution in [-0.2, 0) is 0 Å². The van der Waals surface area contributed by atoms with Crippen molar-refractivity contribution < 1.29 is 0 Å². The average Bonchev–Trinajstić information content (AvgIpc) is 2.51. The fourth-order valence-electron chi connectivity index (χ4n) is 0.857. The van der Waals surface area contributed by atoms with Crippen LogP contribution in [-0.4, -0.2) is 9.36 Å². The van der Waals surface area contributed by atoms with E-state index in [1.165, 1.54) is 5.01 Å². The molecule has 1 aromatic heterocycles. The van der Waals surface area contributed by atoms with Crippen LogP contribution in [0.25, 0.3) is 0 Å². The van der Waals surface area contributed by atoms with Gasteiger partial charge in [-0.2, -0.15) is 4.37 Å². The average molecular weight is 184 g/mol. The monoisotopic (exact) mass is 184 g/mol. The van der Waals surface area contributed by atoms with Gasteiger partial charge in [0.15, 0.2) is 0 Å². The Morgan fingerprint density at radius 1 is 1.33 bits per heavy atom. The molecule has 1 aromatic rings. The summed E-state index contributed by atoms with van der Waals surface area (Å²) in [5.74, 6) is 2.02. The lowest BCUT2D eigenvalue weighted by Crippen LogP contribution is -1.93. The van der Waals surface area contributed by atoms with Crippen molar-refractivity contribution in [2.24, 2.45) is 0 Å². The molecule has 1 rings (SSSR count). The first-order valence-corrected chi connectivity index (χ1v) is 5.26. The second-order valence-corrected chi connectivity index (χ2v) is 4.24. The summed E-state index contributed by atoms with van der Waals surface area (Å²) in [5, 5.41) is 1.18. The number of aromatic nitrogens is 2. The lowest BCUT2D eigenvalue weighted by Gasteiger charge is -2.01. The van der Waals surface area contributed by atoms with Gasteiger partial charge in [-0.25, -0.2) is 4.98 Å². The molecule has 1 heterocycles. The van der Waals surface area contributed by atoms with E-state index in [-0.39, 0.29) is 0 Å². The Labute approximate surface area is 78.2 Å². The van der Waals surface area contributed by atoms with Crippen molar-refractivity contribution in [1.29, 1.82) is 0 Å².